The minimum absolute atomic E-state index is 0.679. The molecular formula is C9H12N2O. The van der Waals surface area contributed by atoms with E-state index >= 15 is 0 Å². The average molecular weight is 164 g/mol. The van der Waals surface area contributed by atoms with Crippen LogP contribution in [0.15, 0.2) is 29.3 Å². The first kappa shape index (κ1) is 8.90. The van der Waals surface area contributed by atoms with Gasteiger partial charge in [0.15, 0.2) is 0 Å². The van der Waals surface area contributed by atoms with Gasteiger partial charge in [-0.2, -0.15) is 0 Å². The van der Waals surface area contributed by atoms with Gasteiger partial charge in [-0.25, -0.2) is 0 Å². The first-order valence-electron chi connectivity index (χ1n) is 3.76. The summed E-state index contributed by atoms with van der Waals surface area (Å²) in [7, 11) is 0. The zero-order valence-electron chi connectivity index (χ0n) is 6.94. The number of hydrogen-bond acceptors (Lipinski definition) is 3. The van der Waals surface area contributed by atoms with E-state index in [0.29, 0.717) is 5.56 Å². The maximum atomic E-state index is 9.04. The van der Waals surface area contributed by atoms with Crippen molar-refractivity contribution in [1.82, 2.24) is 0 Å². The van der Waals surface area contributed by atoms with E-state index in [2.05, 4.69) is 4.99 Å². The summed E-state index contributed by atoms with van der Waals surface area (Å²) in [5, 5.41) is 9.04. The van der Waals surface area contributed by atoms with E-state index < -0.39 is 6.23 Å². The molecule has 0 saturated carbocycles. The molecule has 0 aliphatic rings. The summed E-state index contributed by atoms with van der Waals surface area (Å²) in [5.41, 5.74) is 6.77. The number of benzene rings is 1. The zero-order chi connectivity index (χ0) is 8.97. The molecule has 0 radical (unpaired) electrons. The Kier molecular flexibility index (Phi) is 2.96. The molecule has 0 aliphatic heterocycles. The van der Waals surface area contributed by atoms with Crippen LogP contribution >= 0.6 is 0 Å². The normalized spacial score (nSPS) is 13.6. The summed E-state index contributed by atoms with van der Waals surface area (Å²) in [4.78, 5) is 4.06. The van der Waals surface area contributed by atoms with Gasteiger partial charge in [0.05, 0.1) is 5.69 Å². The van der Waals surface area contributed by atoms with Crippen molar-refractivity contribution in [3.05, 3.63) is 29.8 Å². The highest BCUT2D eigenvalue weighted by molar-refractivity contribution is 5.60. The first-order chi connectivity index (χ1) is 5.74. The van der Waals surface area contributed by atoms with Gasteiger partial charge < -0.3 is 10.8 Å². The molecule has 0 fully saturated rings. The Morgan fingerprint density at radius 2 is 2.33 bits per heavy atom. The van der Waals surface area contributed by atoms with E-state index in [0.717, 1.165) is 5.69 Å². The van der Waals surface area contributed by atoms with Gasteiger partial charge in [0, 0.05) is 6.21 Å². The van der Waals surface area contributed by atoms with Gasteiger partial charge in [0.2, 0.25) is 0 Å². The number of aliphatic hydroxyl groups excluding tert-OH is 1. The predicted octanol–water partition coefficient (Wildman–Crippen LogP) is 1.36. The summed E-state index contributed by atoms with van der Waals surface area (Å²) in [6, 6.07) is 7.18. The smallest absolute Gasteiger partial charge is 0.128 e. The molecule has 1 aromatic carbocycles. The Labute approximate surface area is 71.6 Å². The Hall–Kier alpha value is -1.19. The van der Waals surface area contributed by atoms with Gasteiger partial charge in [-0.3, -0.25) is 4.99 Å². The molecule has 3 nitrogen and oxygen atoms in total. The number of nitrogens with zero attached hydrogens (tertiary/aromatic N) is 1. The molecule has 0 amide bonds. The third-order valence-electron chi connectivity index (χ3n) is 1.49. The molecule has 1 rings (SSSR count). The molecule has 1 unspecified atom stereocenters. The largest absolute Gasteiger partial charge is 0.375 e. The number of aliphatic hydroxyl groups is 1. The van der Waals surface area contributed by atoms with Crippen molar-refractivity contribution in [3.8, 4) is 0 Å². The van der Waals surface area contributed by atoms with E-state index in [-0.39, 0.29) is 0 Å². The van der Waals surface area contributed by atoms with Gasteiger partial charge in [0.25, 0.3) is 0 Å². The molecule has 1 aromatic rings. The Bertz CT molecular complexity index is 282. The fourth-order valence-electron chi connectivity index (χ4n) is 0.938. The molecule has 0 heterocycles. The minimum Gasteiger partial charge on any atom is -0.375 e. The second kappa shape index (κ2) is 3.99. The van der Waals surface area contributed by atoms with Crippen molar-refractivity contribution in [2.75, 3.05) is 0 Å². The van der Waals surface area contributed by atoms with Crippen LogP contribution in [0.1, 0.15) is 18.7 Å². The van der Waals surface area contributed by atoms with E-state index in [9.17, 15) is 0 Å². The summed E-state index contributed by atoms with van der Waals surface area (Å²) >= 11 is 0. The summed E-state index contributed by atoms with van der Waals surface area (Å²) in [5.74, 6) is 0. The summed E-state index contributed by atoms with van der Waals surface area (Å²) in [6.07, 6.45) is 0.777. The predicted molar refractivity (Wildman–Crippen MR) is 49.4 cm³/mol. The topological polar surface area (TPSA) is 58.6 Å². The molecule has 0 saturated heterocycles. The molecule has 0 bridgehead atoms. The highest BCUT2D eigenvalue weighted by Crippen LogP contribution is 2.16. The molecule has 64 valence electrons. The molecule has 0 spiro atoms. The Morgan fingerprint density at radius 3 is 2.92 bits per heavy atom. The third-order valence-corrected chi connectivity index (χ3v) is 1.49. The highest BCUT2D eigenvalue weighted by atomic mass is 16.3. The second-order valence-electron chi connectivity index (χ2n) is 2.43. The number of nitrogens with two attached hydrogens (primary N) is 1. The Morgan fingerprint density at radius 1 is 1.58 bits per heavy atom. The minimum atomic E-state index is -0.919. The molecule has 1 atom stereocenters. The van der Waals surface area contributed by atoms with Gasteiger partial charge >= 0.3 is 0 Å². The maximum absolute atomic E-state index is 9.04. The molecule has 3 heteroatoms. The lowest BCUT2D eigenvalue weighted by Crippen LogP contribution is -2.07. The fourth-order valence-corrected chi connectivity index (χ4v) is 0.938. The average Bonchev–Trinajstić information content (AvgIpc) is 2.05. The van der Waals surface area contributed by atoms with Crippen LogP contribution in [0.4, 0.5) is 5.69 Å². The van der Waals surface area contributed by atoms with Crippen LogP contribution in [0.25, 0.3) is 0 Å². The van der Waals surface area contributed by atoms with Crippen LogP contribution in [0, 0.1) is 0 Å². The van der Waals surface area contributed by atoms with Crippen LogP contribution in [0.2, 0.25) is 0 Å². The first-order valence-corrected chi connectivity index (χ1v) is 3.76. The third kappa shape index (κ3) is 2.15. The molecule has 12 heavy (non-hydrogen) atoms. The zero-order valence-corrected chi connectivity index (χ0v) is 6.94. The standard InChI is InChI=1S/C9H12N2O/c1-2-11-8-5-3-4-7(6-8)9(10)12/h2-6,9,12H,10H2,1H3. The summed E-state index contributed by atoms with van der Waals surface area (Å²) in [6.45, 7) is 1.84. The van der Waals surface area contributed by atoms with E-state index in [1.54, 1.807) is 18.3 Å². The lowest BCUT2D eigenvalue weighted by molar-refractivity contribution is 0.186. The van der Waals surface area contributed by atoms with Crippen molar-refractivity contribution in [2.24, 2.45) is 10.7 Å². The SMILES string of the molecule is CC=Nc1cccc(C(N)O)c1. The summed E-state index contributed by atoms with van der Waals surface area (Å²) < 4.78 is 0. The van der Waals surface area contributed by atoms with Gasteiger partial charge in [-0.05, 0) is 24.6 Å². The quantitative estimate of drug-likeness (QED) is 0.512. The van der Waals surface area contributed by atoms with Crippen molar-refractivity contribution in [1.29, 1.82) is 0 Å². The van der Waals surface area contributed by atoms with Crippen LogP contribution in [-0.2, 0) is 0 Å². The van der Waals surface area contributed by atoms with Crippen molar-refractivity contribution in [3.63, 3.8) is 0 Å². The Balaban J connectivity index is 2.95. The fraction of sp³-hybridized carbons (Fsp3) is 0.222. The molecule has 3 N–H and O–H groups in total. The van der Waals surface area contributed by atoms with Gasteiger partial charge in [-0.15, -0.1) is 0 Å². The van der Waals surface area contributed by atoms with Crippen molar-refractivity contribution in [2.45, 2.75) is 13.2 Å². The molecule has 0 aromatic heterocycles. The lowest BCUT2D eigenvalue weighted by atomic mass is 10.2. The monoisotopic (exact) mass is 164 g/mol. The van der Waals surface area contributed by atoms with Crippen LogP contribution in [-0.4, -0.2) is 11.3 Å². The number of hydrogen-bond donors (Lipinski definition) is 2. The van der Waals surface area contributed by atoms with Crippen LogP contribution in [0.3, 0.4) is 0 Å². The highest BCUT2D eigenvalue weighted by Gasteiger charge is 1.99. The van der Waals surface area contributed by atoms with Crippen LogP contribution in [0.5, 0.6) is 0 Å². The van der Waals surface area contributed by atoms with Crippen molar-refractivity contribution >= 4 is 11.9 Å². The second-order valence-corrected chi connectivity index (χ2v) is 2.43. The van der Waals surface area contributed by atoms with Gasteiger partial charge in [-0.1, -0.05) is 12.1 Å². The van der Waals surface area contributed by atoms with E-state index in [1.807, 2.05) is 19.1 Å². The van der Waals surface area contributed by atoms with E-state index in [1.165, 1.54) is 0 Å². The number of rotatable bonds is 2. The number of aliphatic imine (C=N–C) groups is 1. The maximum Gasteiger partial charge on any atom is 0.128 e. The molecular weight excluding hydrogens is 152 g/mol. The van der Waals surface area contributed by atoms with Crippen molar-refractivity contribution < 1.29 is 5.11 Å². The van der Waals surface area contributed by atoms with Crippen LogP contribution < -0.4 is 5.73 Å². The lowest BCUT2D eigenvalue weighted by Gasteiger charge is -2.04. The van der Waals surface area contributed by atoms with E-state index in [4.69, 9.17) is 10.8 Å². The molecule has 0 aliphatic carbocycles. The van der Waals surface area contributed by atoms with Gasteiger partial charge in [0.1, 0.15) is 6.23 Å².